The molecule has 0 aliphatic heterocycles. The van der Waals surface area contributed by atoms with Crippen molar-refractivity contribution in [3.05, 3.63) is 129 Å². The Morgan fingerprint density at radius 2 is 0.912 bits per heavy atom. The van der Waals surface area contributed by atoms with E-state index in [0.29, 0.717) is 11.4 Å². The number of ketones is 2. The highest BCUT2D eigenvalue weighted by Gasteiger charge is 2.28. The molecule has 4 amide bonds. The van der Waals surface area contributed by atoms with Crippen molar-refractivity contribution in [1.82, 2.24) is 0 Å². The zero-order chi connectivity index (χ0) is 49.7. The molecule has 0 aliphatic carbocycles. The predicted octanol–water partition coefficient (Wildman–Crippen LogP) is 12.3. The SMILES string of the molecule is CCOc1cc(NC(=O)C(N=Nc2ccc(Cl)c(C(=O)Nc3ccc(C(C)Cl)cc3)c2)C(C)=O)cc(OCC)c1NC(=O)C(N=Nc1ccc(Cl)c(C(=O)Nc2ccc(C(C)Cl)cc2)c1)C(C)=O. The predicted molar refractivity (Wildman–Crippen MR) is 264 cm³/mol. The standard InChI is InChI=1S/C48H46Cl4N8O8/c1-7-67-40-23-35(55-47(65)42(27(5)61)59-57-33-17-19-38(51)36(21-33)45(63)53-31-13-9-29(10-14-31)25(3)49)24-41(68-8-2)44(40)56-48(66)43(28(6)62)60-58-34-18-20-39(52)37(22-34)46(64)54-32-15-11-30(12-16-32)26(4)50/h9-26,42-43H,7-8H2,1-6H3,(H,53,63)(H,54,64)(H,55,65)(H,56,66). The van der Waals surface area contributed by atoms with Crippen LogP contribution in [-0.2, 0) is 19.2 Å². The van der Waals surface area contributed by atoms with Gasteiger partial charge in [-0.25, -0.2) is 0 Å². The van der Waals surface area contributed by atoms with E-state index in [-0.39, 0.29) is 79.4 Å². The van der Waals surface area contributed by atoms with Crippen molar-refractivity contribution in [2.24, 2.45) is 20.5 Å². The van der Waals surface area contributed by atoms with Crippen molar-refractivity contribution in [2.75, 3.05) is 34.5 Å². The fourth-order valence-electron chi connectivity index (χ4n) is 6.17. The largest absolute Gasteiger partial charge is 0.491 e. The summed E-state index contributed by atoms with van der Waals surface area (Å²) in [7, 11) is 0. The molecular weight excluding hydrogens is 958 g/mol. The second kappa shape index (κ2) is 24.3. The first-order chi connectivity index (χ1) is 32.4. The number of nitrogens with one attached hydrogen (secondary N) is 4. The fraction of sp³-hybridized carbons (Fsp3) is 0.250. The van der Waals surface area contributed by atoms with Gasteiger partial charge in [-0.15, -0.1) is 23.2 Å². The Kier molecular flexibility index (Phi) is 18.7. The van der Waals surface area contributed by atoms with Gasteiger partial charge in [0.25, 0.3) is 23.6 Å². The molecule has 68 heavy (non-hydrogen) atoms. The number of benzene rings is 5. The molecule has 354 valence electrons. The minimum atomic E-state index is -1.67. The first kappa shape index (κ1) is 52.3. The van der Waals surface area contributed by atoms with Gasteiger partial charge >= 0.3 is 0 Å². The van der Waals surface area contributed by atoms with Crippen molar-refractivity contribution >= 4 is 116 Å². The van der Waals surface area contributed by atoms with Crippen molar-refractivity contribution < 1.29 is 38.2 Å². The first-order valence-electron chi connectivity index (χ1n) is 21.0. The number of ether oxygens (including phenoxy) is 2. The van der Waals surface area contributed by atoms with Crippen molar-refractivity contribution in [2.45, 2.75) is 64.4 Å². The summed E-state index contributed by atoms with van der Waals surface area (Å²) in [4.78, 5) is 79.2. The monoisotopic (exact) mass is 1000 g/mol. The number of hydrogen-bond acceptors (Lipinski definition) is 12. The Balaban J connectivity index is 1.32. The highest BCUT2D eigenvalue weighted by Crippen LogP contribution is 2.39. The number of halogens is 4. The maximum Gasteiger partial charge on any atom is 0.259 e. The lowest BCUT2D eigenvalue weighted by molar-refractivity contribution is -0.127. The van der Waals surface area contributed by atoms with Crippen LogP contribution < -0.4 is 30.7 Å². The van der Waals surface area contributed by atoms with Crippen LogP contribution >= 0.6 is 46.4 Å². The molecule has 16 nitrogen and oxygen atoms in total. The number of azo groups is 2. The molecule has 5 rings (SSSR count). The smallest absolute Gasteiger partial charge is 0.259 e. The molecule has 0 radical (unpaired) electrons. The maximum atomic E-state index is 13.7. The van der Waals surface area contributed by atoms with E-state index >= 15 is 0 Å². The van der Waals surface area contributed by atoms with Crippen LogP contribution in [0.25, 0.3) is 0 Å². The molecule has 0 heterocycles. The van der Waals surface area contributed by atoms with Gasteiger partial charge in [0.05, 0.1) is 56.5 Å². The molecule has 0 aromatic heterocycles. The number of alkyl halides is 2. The van der Waals surface area contributed by atoms with E-state index in [1.54, 1.807) is 62.4 Å². The zero-order valence-corrected chi connectivity index (χ0v) is 40.6. The quantitative estimate of drug-likeness (QED) is 0.0333. The number of hydrogen-bond donors (Lipinski definition) is 4. The molecule has 0 spiro atoms. The van der Waals surface area contributed by atoms with Crippen LogP contribution in [0.15, 0.2) is 118 Å². The van der Waals surface area contributed by atoms with E-state index < -0.39 is 47.3 Å². The van der Waals surface area contributed by atoms with Crippen LogP contribution in [0.1, 0.15) is 84.1 Å². The summed E-state index contributed by atoms with van der Waals surface area (Å²) < 4.78 is 11.7. The van der Waals surface area contributed by atoms with Gasteiger partial charge in [0.2, 0.25) is 12.1 Å². The number of anilines is 4. The minimum absolute atomic E-state index is 0.00407. The van der Waals surface area contributed by atoms with Crippen LogP contribution in [0, 0.1) is 0 Å². The molecule has 4 atom stereocenters. The fourth-order valence-corrected chi connectivity index (χ4v) is 6.87. The summed E-state index contributed by atoms with van der Waals surface area (Å²) >= 11 is 25.0. The Morgan fingerprint density at radius 3 is 1.26 bits per heavy atom. The number of amides is 4. The van der Waals surface area contributed by atoms with E-state index in [1.165, 1.54) is 48.5 Å². The Hall–Kier alpha value is -6.72. The van der Waals surface area contributed by atoms with Gasteiger partial charge in [0, 0.05) is 29.2 Å². The number of rotatable bonds is 20. The van der Waals surface area contributed by atoms with Gasteiger partial charge < -0.3 is 30.7 Å². The molecule has 0 bridgehead atoms. The van der Waals surface area contributed by atoms with Gasteiger partial charge in [-0.05, 0) is 113 Å². The third-order valence-corrected chi connectivity index (χ3v) is 10.8. The topological polar surface area (TPSA) is 218 Å². The van der Waals surface area contributed by atoms with Gasteiger partial charge in [-0.3, -0.25) is 28.8 Å². The molecule has 0 saturated carbocycles. The Morgan fingerprint density at radius 1 is 0.529 bits per heavy atom. The molecule has 5 aromatic rings. The van der Waals surface area contributed by atoms with Crippen molar-refractivity contribution in [3.8, 4) is 11.5 Å². The van der Waals surface area contributed by atoms with Crippen LogP contribution in [0.4, 0.5) is 34.1 Å². The number of carbonyl (C=O) groups is 6. The second-order valence-corrected chi connectivity index (χ2v) is 17.0. The molecule has 0 saturated heterocycles. The molecule has 0 fully saturated rings. The zero-order valence-electron chi connectivity index (χ0n) is 37.5. The second-order valence-electron chi connectivity index (χ2n) is 14.9. The lowest BCUT2D eigenvalue weighted by Gasteiger charge is -2.19. The molecule has 4 N–H and O–H groups in total. The van der Waals surface area contributed by atoms with Gasteiger partial charge in [0.15, 0.2) is 11.6 Å². The van der Waals surface area contributed by atoms with Gasteiger partial charge in [-0.2, -0.15) is 20.5 Å². The molecule has 5 aromatic carbocycles. The number of carbonyl (C=O) groups excluding carboxylic acids is 6. The van der Waals surface area contributed by atoms with Crippen LogP contribution in [0.2, 0.25) is 10.0 Å². The summed E-state index contributed by atoms with van der Waals surface area (Å²) in [6.45, 7) is 9.52. The molecular formula is C48H46Cl4N8O8. The highest BCUT2D eigenvalue weighted by atomic mass is 35.5. The van der Waals surface area contributed by atoms with Crippen LogP contribution in [0.5, 0.6) is 11.5 Å². The summed E-state index contributed by atoms with van der Waals surface area (Å²) in [6, 6.07) is 21.9. The summed E-state index contributed by atoms with van der Waals surface area (Å²) in [5.74, 6) is -4.12. The third kappa shape index (κ3) is 14.2. The summed E-state index contributed by atoms with van der Waals surface area (Å²) in [5, 5.41) is 26.8. The molecule has 4 unspecified atom stereocenters. The Bertz CT molecular complexity index is 2720. The highest BCUT2D eigenvalue weighted by molar-refractivity contribution is 6.35. The number of nitrogens with zero attached hydrogens (tertiary/aromatic N) is 4. The first-order valence-corrected chi connectivity index (χ1v) is 22.6. The minimum Gasteiger partial charge on any atom is -0.491 e. The molecule has 20 heteroatoms. The van der Waals surface area contributed by atoms with E-state index in [0.717, 1.165) is 25.0 Å². The van der Waals surface area contributed by atoms with Gasteiger partial charge in [-0.1, -0.05) is 47.5 Å². The third-order valence-electron chi connectivity index (χ3n) is 9.67. The van der Waals surface area contributed by atoms with E-state index in [4.69, 9.17) is 55.9 Å². The molecule has 0 aliphatic rings. The van der Waals surface area contributed by atoms with Crippen molar-refractivity contribution in [1.29, 1.82) is 0 Å². The number of Topliss-reactive ketones (excluding diaryl/α,β-unsaturated/α-hetero) is 2. The average molecular weight is 1000 g/mol. The normalized spacial score (nSPS) is 13.0. The van der Waals surface area contributed by atoms with E-state index in [1.807, 2.05) is 13.8 Å². The van der Waals surface area contributed by atoms with Crippen molar-refractivity contribution in [3.63, 3.8) is 0 Å². The Labute approximate surface area is 412 Å². The van der Waals surface area contributed by atoms with E-state index in [2.05, 4.69) is 41.7 Å². The van der Waals surface area contributed by atoms with Crippen LogP contribution in [0.3, 0.4) is 0 Å². The van der Waals surface area contributed by atoms with E-state index in [9.17, 15) is 28.8 Å². The van der Waals surface area contributed by atoms with Gasteiger partial charge in [0.1, 0.15) is 17.2 Å². The van der Waals surface area contributed by atoms with Crippen LogP contribution in [-0.4, -0.2) is 60.5 Å². The lowest BCUT2D eigenvalue weighted by Crippen LogP contribution is -2.32. The summed E-state index contributed by atoms with van der Waals surface area (Å²) in [5.41, 5.74) is 3.22. The average Bonchev–Trinajstić information content (AvgIpc) is 3.28. The maximum absolute atomic E-state index is 13.7. The summed E-state index contributed by atoms with van der Waals surface area (Å²) in [6.07, 6.45) is 0. The lowest BCUT2D eigenvalue weighted by atomic mass is 10.1.